The Morgan fingerprint density at radius 1 is 1.56 bits per heavy atom. The number of hydrogen-bond donors (Lipinski definition) is 1. The first-order valence-corrected chi connectivity index (χ1v) is 5.32. The van der Waals surface area contributed by atoms with Crippen LogP contribution >= 0.6 is 0 Å². The standard InChI is InChI=1S/C11H20N2O3/c1-4-9(2)11(8-14)7-13(12)5-6-16-10(3)15/h7-9H,4-6,12H2,1-3H3/b11-7-. The van der Waals surface area contributed by atoms with Crippen LogP contribution in [0.5, 0.6) is 0 Å². The van der Waals surface area contributed by atoms with Gasteiger partial charge < -0.3 is 9.75 Å². The third-order valence-corrected chi connectivity index (χ3v) is 2.29. The zero-order chi connectivity index (χ0) is 12.6. The number of carbonyl (C=O) groups is 2. The van der Waals surface area contributed by atoms with E-state index < -0.39 is 0 Å². The first-order valence-electron chi connectivity index (χ1n) is 5.32. The second-order valence-electron chi connectivity index (χ2n) is 3.63. The molecule has 0 aromatic heterocycles. The van der Waals surface area contributed by atoms with Crippen molar-refractivity contribution in [2.45, 2.75) is 27.2 Å². The van der Waals surface area contributed by atoms with Gasteiger partial charge in [0.2, 0.25) is 0 Å². The molecule has 2 N–H and O–H groups in total. The Kier molecular flexibility index (Phi) is 7.20. The molecule has 16 heavy (non-hydrogen) atoms. The predicted molar refractivity (Wildman–Crippen MR) is 61.1 cm³/mol. The van der Waals surface area contributed by atoms with Crippen molar-refractivity contribution in [2.75, 3.05) is 13.2 Å². The van der Waals surface area contributed by atoms with Crippen molar-refractivity contribution in [3.05, 3.63) is 11.8 Å². The van der Waals surface area contributed by atoms with Gasteiger partial charge in [0, 0.05) is 18.7 Å². The summed E-state index contributed by atoms with van der Waals surface area (Å²) in [4.78, 5) is 21.3. The molecular weight excluding hydrogens is 208 g/mol. The van der Waals surface area contributed by atoms with E-state index in [9.17, 15) is 9.59 Å². The van der Waals surface area contributed by atoms with Crippen molar-refractivity contribution >= 4 is 12.3 Å². The second kappa shape index (κ2) is 7.87. The smallest absolute Gasteiger partial charge is 0.302 e. The lowest BCUT2D eigenvalue weighted by Gasteiger charge is -2.16. The molecule has 0 aliphatic carbocycles. The average molecular weight is 228 g/mol. The average Bonchev–Trinajstić information content (AvgIpc) is 2.24. The highest BCUT2D eigenvalue weighted by Gasteiger charge is 2.06. The van der Waals surface area contributed by atoms with Crippen molar-refractivity contribution in [1.29, 1.82) is 0 Å². The van der Waals surface area contributed by atoms with Gasteiger partial charge in [0.05, 0.1) is 6.54 Å². The minimum absolute atomic E-state index is 0.178. The van der Waals surface area contributed by atoms with Crippen molar-refractivity contribution in [2.24, 2.45) is 11.8 Å². The molecule has 0 aliphatic rings. The van der Waals surface area contributed by atoms with Crippen LogP contribution in [0, 0.1) is 5.92 Å². The Labute approximate surface area is 96.2 Å². The van der Waals surface area contributed by atoms with Crippen molar-refractivity contribution < 1.29 is 14.3 Å². The molecule has 0 saturated carbocycles. The summed E-state index contributed by atoms with van der Waals surface area (Å²) < 4.78 is 4.74. The molecule has 0 aliphatic heterocycles. The first kappa shape index (κ1) is 14.6. The molecule has 0 heterocycles. The van der Waals surface area contributed by atoms with Crippen LogP contribution < -0.4 is 5.84 Å². The Bertz CT molecular complexity index is 264. The number of hydrazine groups is 1. The highest BCUT2D eigenvalue weighted by Crippen LogP contribution is 2.11. The molecule has 1 atom stereocenters. The van der Waals surface area contributed by atoms with Gasteiger partial charge in [-0.25, -0.2) is 5.84 Å². The van der Waals surface area contributed by atoms with Crippen LogP contribution in [0.4, 0.5) is 0 Å². The van der Waals surface area contributed by atoms with E-state index in [-0.39, 0.29) is 18.5 Å². The Morgan fingerprint density at radius 2 is 2.19 bits per heavy atom. The number of carbonyl (C=O) groups excluding carboxylic acids is 2. The van der Waals surface area contributed by atoms with E-state index in [1.54, 1.807) is 6.20 Å². The Hall–Kier alpha value is -1.36. The maximum absolute atomic E-state index is 10.8. The molecule has 5 nitrogen and oxygen atoms in total. The summed E-state index contributed by atoms with van der Waals surface area (Å²) in [5.74, 6) is 5.48. The number of allylic oxidation sites excluding steroid dienone is 1. The molecule has 0 amide bonds. The lowest BCUT2D eigenvalue weighted by molar-refractivity contribution is -0.141. The number of nitrogens with zero attached hydrogens (tertiary/aromatic N) is 1. The van der Waals surface area contributed by atoms with Gasteiger partial charge in [-0.05, 0) is 12.3 Å². The number of ether oxygens (including phenoxy) is 1. The minimum Gasteiger partial charge on any atom is -0.464 e. The molecule has 0 rings (SSSR count). The SMILES string of the molecule is CCC(C)/C(C=O)=C\N(N)CCOC(C)=O. The number of esters is 1. The van der Waals surface area contributed by atoms with Crippen LogP contribution in [-0.4, -0.2) is 30.4 Å². The Morgan fingerprint density at radius 3 is 2.62 bits per heavy atom. The number of aldehydes is 1. The minimum atomic E-state index is -0.338. The highest BCUT2D eigenvalue weighted by atomic mass is 16.5. The molecule has 0 saturated heterocycles. The van der Waals surface area contributed by atoms with Gasteiger partial charge in [0.1, 0.15) is 12.9 Å². The zero-order valence-corrected chi connectivity index (χ0v) is 10.1. The number of rotatable bonds is 7. The fourth-order valence-electron chi connectivity index (χ4n) is 1.06. The normalized spacial score (nSPS) is 13.1. The van der Waals surface area contributed by atoms with Gasteiger partial charge >= 0.3 is 5.97 Å². The fraction of sp³-hybridized carbons (Fsp3) is 0.636. The van der Waals surface area contributed by atoms with Gasteiger partial charge in [-0.1, -0.05) is 13.8 Å². The van der Waals surface area contributed by atoms with Gasteiger partial charge in [0.15, 0.2) is 0 Å². The van der Waals surface area contributed by atoms with E-state index in [4.69, 9.17) is 10.6 Å². The summed E-state index contributed by atoms with van der Waals surface area (Å²) in [5, 5.41) is 1.36. The summed E-state index contributed by atoms with van der Waals surface area (Å²) in [6.45, 7) is 5.89. The summed E-state index contributed by atoms with van der Waals surface area (Å²) in [5.41, 5.74) is 0.646. The summed E-state index contributed by atoms with van der Waals surface area (Å²) >= 11 is 0. The van der Waals surface area contributed by atoms with Crippen LogP contribution in [0.2, 0.25) is 0 Å². The number of hydrogen-bond acceptors (Lipinski definition) is 5. The summed E-state index contributed by atoms with van der Waals surface area (Å²) in [7, 11) is 0. The van der Waals surface area contributed by atoms with Gasteiger partial charge in [-0.2, -0.15) is 0 Å². The molecule has 0 aromatic carbocycles. The molecule has 0 radical (unpaired) electrons. The third kappa shape index (κ3) is 6.19. The monoisotopic (exact) mass is 228 g/mol. The van der Waals surface area contributed by atoms with Gasteiger partial charge in [-0.15, -0.1) is 0 Å². The van der Waals surface area contributed by atoms with Crippen LogP contribution in [-0.2, 0) is 14.3 Å². The molecule has 92 valence electrons. The summed E-state index contributed by atoms with van der Waals surface area (Å²) in [6.07, 6.45) is 3.27. The zero-order valence-electron chi connectivity index (χ0n) is 10.1. The molecular formula is C11H20N2O3. The fourth-order valence-corrected chi connectivity index (χ4v) is 1.06. The van der Waals surface area contributed by atoms with E-state index in [0.717, 1.165) is 12.7 Å². The van der Waals surface area contributed by atoms with E-state index in [2.05, 4.69) is 0 Å². The maximum Gasteiger partial charge on any atom is 0.302 e. The van der Waals surface area contributed by atoms with E-state index in [0.29, 0.717) is 12.1 Å². The third-order valence-electron chi connectivity index (χ3n) is 2.29. The van der Waals surface area contributed by atoms with E-state index in [1.165, 1.54) is 11.9 Å². The number of nitrogens with two attached hydrogens (primary N) is 1. The van der Waals surface area contributed by atoms with E-state index in [1.807, 2.05) is 13.8 Å². The molecule has 0 fully saturated rings. The largest absolute Gasteiger partial charge is 0.464 e. The van der Waals surface area contributed by atoms with Crippen LogP contribution in [0.1, 0.15) is 27.2 Å². The van der Waals surface area contributed by atoms with Crippen LogP contribution in [0.25, 0.3) is 0 Å². The van der Waals surface area contributed by atoms with Crippen molar-refractivity contribution in [3.63, 3.8) is 0 Å². The second-order valence-corrected chi connectivity index (χ2v) is 3.63. The van der Waals surface area contributed by atoms with Crippen LogP contribution in [0.3, 0.4) is 0 Å². The van der Waals surface area contributed by atoms with Crippen molar-refractivity contribution in [3.8, 4) is 0 Å². The topological polar surface area (TPSA) is 72.6 Å². The quantitative estimate of drug-likeness (QED) is 0.230. The molecule has 0 aromatic rings. The molecule has 5 heteroatoms. The predicted octanol–water partition coefficient (Wildman–Crippen LogP) is 0.854. The summed E-state index contributed by atoms with van der Waals surface area (Å²) in [6, 6.07) is 0. The Balaban J connectivity index is 4.15. The molecule has 0 spiro atoms. The van der Waals surface area contributed by atoms with Crippen LogP contribution in [0.15, 0.2) is 11.8 Å². The molecule has 1 unspecified atom stereocenters. The van der Waals surface area contributed by atoms with Crippen molar-refractivity contribution in [1.82, 2.24) is 5.01 Å². The lowest BCUT2D eigenvalue weighted by atomic mass is 10.0. The van der Waals surface area contributed by atoms with Gasteiger partial charge in [-0.3, -0.25) is 9.59 Å². The lowest BCUT2D eigenvalue weighted by Crippen LogP contribution is -2.30. The van der Waals surface area contributed by atoms with E-state index >= 15 is 0 Å². The highest BCUT2D eigenvalue weighted by molar-refractivity contribution is 5.73. The molecule has 0 bridgehead atoms. The van der Waals surface area contributed by atoms with Gasteiger partial charge in [0.25, 0.3) is 0 Å². The maximum atomic E-state index is 10.8. The first-order chi connectivity index (χ1) is 7.51.